The lowest BCUT2D eigenvalue weighted by Crippen LogP contribution is -2.30. The van der Waals surface area contributed by atoms with Gasteiger partial charge in [0.05, 0.1) is 0 Å². The van der Waals surface area contributed by atoms with Crippen molar-refractivity contribution in [3.63, 3.8) is 0 Å². The highest BCUT2D eigenvalue weighted by Crippen LogP contribution is 2.20. The summed E-state index contributed by atoms with van der Waals surface area (Å²) in [4.78, 5) is 22.4. The van der Waals surface area contributed by atoms with E-state index in [1.54, 1.807) is 0 Å². The monoisotopic (exact) mass is 305 g/mol. The van der Waals surface area contributed by atoms with Gasteiger partial charge < -0.3 is 5.32 Å². The van der Waals surface area contributed by atoms with E-state index in [4.69, 9.17) is 0 Å². The molecule has 1 heterocycles. The number of carbonyl (C=O) groups excluding carboxylic acids is 2. The molecule has 1 saturated heterocycles. The van der Waals surface area contributed by atoms with Crippen LogP contribution in [-0.4, -0.2) is 18.2 Å². The molecule has 1 saturated carbocycles. The molecule has 3 nitrogen and oxygen atoms in total. The molecule has 0 bridgehead atoms. The van der Waals surface area contributed by atoms with E-state index in [0.29, 0.717) is 17.6 Å². The molecule has 1 amide bonds. The zero-order valence-electron chi connectivity index (χ0n) is 14.6. The first-order valence-corrected chi connectivity index (χ1v) is 8.63. The molecule has 22 heavy (non-hydrogen) atoms. The molecule has 2 rings (SSSR count). The van der Waals surface area contributed by atoms with Crippen LogP contribution in [0, 0.1) is 11.8 Å². The van der Waals surface area contributed by atoms with Crippen molar-refractivity contribution in [1.29, 1.82) is 0 Å². The van der Waals surface area contributed by atoms with Gasteiger partial charge in [-0.3, -0.25) is 9.59 Å². The average molecular weight is 305 g/mol. The maximum Gasteiger partial charge on any atom is 0.246 e. The SMILES string of the molecule is CC(C)C=C1CCCCC1=O.CC(C)C=C1CCCNC1=O. The summed E-state index contributed by atoms with van der Waals surface area (Å²) in [6, 6.07) is 0. The van der Waals surface area contributed by atoms with Gasteiger partial charge in [-0.2, -0.15) is 0 Å². The summed E-state index contributed by atoms with van der Waals surface area (Å²) in [5.41, 5.74) is 2.04. The van der Waals surface area contributed by atoms with Gasteiger partial charge in [-0.25, -0.2) is 0 Å². The maximum absolute atomic E-state index is 11.3. The molecule has 124 valence electrons. The summed E-state index contributed by atoms with van der Waals surface area (Å²) in [6.07, 6.45) is 10.3. The second kappa shape index (κ2) is 9.60. The lowest BCUT2D eigenvalue weighted by Gasteiger charge is -2.15. The Bertz CT molecular complexity index is 402. The molecule has 1 aliphatic carbocycles. The molecule has 0 radical (unpaired) electrons. The number of allylic oxidation sites excluding steroid dienone is 3. The van der Waals surface area contributed by atoms with Crippen LogP contribution in [0.5, 0.6) is 0 Å². The second-order valence-electron chi connectivity index (χ2n) is 6.86. The molecule has 0 aromatic carbocycles. The van der Waals surface area contributed by atoms with Crippen LogP contribution >= 0.6 is 0 Å². The molecule has 0 aromatic heterocycles. The highest BCUT2D eigenvalue weighted by atomic mass is 16.1. The van der Waals surface area contributed by atoms with Crippen LogP contribution in [0.25, 0.3) is 0 Å². The third-order valence-corrected chi connectivity index (χ3v) is 3.73. The van der Waals surface area contributed by atoms with Gasteiger partial charge in [0.25, 0.3) is 0 Å². The Kier molecular flexibility index (Phi) is 8.15. The van der Waals surface area contributed by atoms with Crippen molar-refractivity contribution in [2.45, 2.75) is 66.2 Å². The van der Waals surface area contributed by atoms with Crippen molar-refractivity contribution < 1.29 is 9.59 Å². The number of rotatable bonds is 2. The van der Waals surface area contributed by atoms with Crippen LogP contribution in [0.2, 0.25) is 0 Å². The average Bonchev–Trinajstić information content (AvgIpc) is 2.44. The van der Waals surface area contributed by atoms with Crippen LogP contribution < -0.4 is 5.32 Å². The molecule has 2 aliphatic rings. The van der Waals surface area contributed by atoms with Gasteiger partial charge in [-0.05, 0) is 49.5 Å². The van der Waals surface area contributed by atoms with Gasteiger partial charge in [0.15, 0.2) is 5.78 Å². The molecular weight excluding hydrogens is 274 g/mol. The standard InChI is InChI=1S/C10H16O.C9H15NO/c1-8(2)7-9-5-3-4-6-10(9)11;1-7(2)6-8-4-3-5-10-9(8)11/h7-8H,3-6H2,1-2H3;6-7H,3-5H2,1-2H3,(H,10,11). The van der Waals surface area contributed by atoms with Gasteiger partial charge in [0.2, 0.25) is 5.91 Å². The number of nitrogens with one attached hydrogen (secondary N) is 1. The van der Waals surface area contributed by atoms with Crippen molar-refractivity contribution in [3.8, 4) is 0 Å². The van der Waals surface area contributed by atoms with E-state index in [0.717, 1.165) is 49.8 Å². The molecule has 3 heteroatoms. The van der Waals surface area contributed by atoms with Crippen molar-refractivity contribution in [2.24, 2.45) is 11.8 Å². The lowest BCUT2D eigenvalue weighted by atomic mass is 9.91. The Balaban J connectivity index is 0.000000220. The number of amides is 1. The first kappa shape index (κ1) is 18.7. The fourth-order valence-corrected chi connectivity index (χ4v) is 2.75. The number of hydrogen-bond acceptors (Lipinski definition) is 2. The number of hydrogen-bond donors (Lipinski definition) is 1. The van der Waals surface area contributed by atoms with Crippen molar-refractivity contribution in [2.75, 3.05) is 6.54 Å². The van der Waals surface area contributed by atoms with Crippen molar-refractivity contribution in [1.82, 2.24) is 5.32 Å². The summed E-state index contributed by atoms with van der Waals surface area (Å²) < 4.78 is 0. The molecular formula is C19H31NO2. The van der Waals surface area contributed by atoms with Gasteiger partial charge >= 0.3 is 0 Å². The second-order valence-corrected chi connectivity index (χ2v) is 6.86. The fraction of sp³-hybridized carbons (Fsp3) is 0.684. The highest BCUT2D eigenvalue weighted by Gasteiger charge is 2.14. The molecule has 0 unspecified atom stereocenters. The Morgan fingerprint density at radius 2 is 1.36 bits per heavy atom. The Morgan fingerprint density at radius 3 is 1.91 bits per heavy atom. The first-order valence-electron chi connectivity index (χ1n) is 8.63. The lowest BCUT2D eigenvalue weighted by molar-refractivity contribution is -0.118. The van der Waals surface area contributed by atoms with Crippen LogP contribution in [0.4, 0.5) is 0 Å². The van der Waals surface area contributed by atoms with E-state index in [2.05, 4.69) is 45.2 Å². The van der Waals surface area contributed by atoms with E-state index in [-0.39, 0.29) is 5.91 Å². The third kappa shape index (κ3) is 7.06. The topological polar surface area (TPSA) is 46.2 Å². The normalized spacial score (nSPS) is 22.8. The minimum atomic E-state index is 0.130. The summed E-state index contributed by atoms with van der Waals surface area (Å²) in [5.74, 6) is 1.51. The fourth-order valence-electron chi connectivity index (χ4n) is 2.75. The zero-order valence-corrected chi connectivity index (χ0v) is 14.6. The van der Waals surface area contributed by atoms with Crippen LogP contribution in [0.15, 0.2) is 23.3 Å². The van der Waals surface area contributed by atoms with E-state index in [9.17, 15) is 9.59 Å². The number of piperidine rings is 1. The molecule has 1 N–H and O–H groups in total. The van der Waals surface area contributed by atoms with Crippen molar-refractivity contribution in [3.05, 3.63) is 23.3 Å². The maximum atomic E-state index is 11.3. The van der Waals surface area contributed by atoms with Crippen LogP contribution in [0.3, 0.4) is 0 Å². The molecule has 0 spiro atoms. The van der Waals surface area contributed by atoms with Crippen LogP contribution in [0.1, 0.15) is 66.2 Å². The summed E-state index contributed by atoms with van der Waals surface area (Å²) in [5, 5.41) is 2.83. The summed E-state index contributed by atoms with van der Waals surface area (Å²) >= 11 is 0. The minimum Gasteiger partial charge on any atom is -0.352 e. The van der Waals surface area contributed by atoms with Crippen molar-refractivity contribution >= 4 is 11.7 Å². The highest BCUT2D eigenvalue weighted by molar-refractivity contribution is 5.96. The minimum absolute atomic E-state index is 0.130. The van der Waals surface area contributed by atoms with Crippen LogP contribution in [-0.2, 0) is 9.59 Å². The van der Waals surface area contributed by atoms with Gasteiger partial charge in [-0.15, -0.1) is 0 Å². The molecule has 1 aliphatic heterocycles. The number of Topliss-reactive ketones (excluding diaryl/α,β-unsaturated/α-hetero) is 1. The Hall–Kier alpha value is -1.38. The molecule has 0 atom stereocenters. The summed E-state index contributed by atoms with van der Waals surface area (Å²) in [6.45, 7) is 9.27. The smallest absolute Gasteiger partial charge is 0.246 e. The van der Waals surface area contributed by atoms with Gasteiger partial charge in [0.1, 0.15) is 0 Å². The predicted molar refractivity (Wildman–Crippen MR) is 91.6 cm³/mol. The Morgan fingerprint density at radius 1 is 0.818 bits per heavy atom. The largest absolute Gasteiger partial charge is 0.352 e. The van der Waals surface area contributed by atoms with E-state index >= 15 is 0 Å². The summed E-state index contributed by atoms with van der Waals surface area (Å²) in [7, 11) is 0. The predicted octanol–water partition coefficient (Wildman–Crippen LogP) is 4.19. The third-order valence-electron chi connectivity index (χ3n) is 3.73. The molecule has 0 aromatic rings. The van der Waals surface area contributed by atoms with E-state index in [1.165, 1.54) is 6.42 Å². The molecule has 2 fully saturated rings. The number of carbonyl (C=O) groups is 2. The Labute approximate surface area is 135 Å². The van der Waals surface area contributed by atoms with Gasteiger partial charge in [-0.1, -0.05) is 39.8 Å². The van der Waals surface area contributed by atoms with E-state index < -0.39 is 0 Å². The quantitative estimate of drug-likeness (QED) is 0.778. The van der Waals surface area contributed by atoms with Gasteiger partial charge in [0, 0.05) is 18.5 Å². The number of ketones is 1. The van der Waals surface area contributed by atoms with E-state index in [1.807, 2.05) is 0 Å². The first-order chi connectivity index (χ1) is 10.4. The zero-order chi connectivity index (χ0) is 16.5.